The van der Waals surface area contributed by atoms with Gasteiger partial charge in [-0.25, -0.2) is 0 Å². The van der Waals surface area contributed by atoms with Crippen LogP contribution in [0.5, 0.6) is 0 Å². The van der Waals surface area contributed by atoms with Gasteiger partial charge < -0.3 is 9.14 Å². The summed E-state index contributed by atoms with van der Waals surface area (Å²) < 4.78 is 7.16. The standard InChI is InChI=1S/C15H17NO2/c1-11-10-12-6-3-4-9-16(12)13(11)15(7-5-8-15)14(17)18-2/h3-4,6,9-10H,5,7-8H2,1-2H3. The van der Waals surface area contributed by atoms with Crippen molar-refractivity contribution in [1.29, 1.82) is 0 Å². The summed E-state index contributed by atoms with van der Waals surface area (Å²) in [6.07, 6.45) is 4.90. The van der Waals surface area contributed by atoms with Gasteiger partial charge in [0.15, 0.2) is 0 Å². The predicted molar refractivity (Wildman–Crippen MR) is 69.7 cm³/mol. The third kappa shape index (κ3) is 1.33. The quantitative estimate of drug-likeness (QED) is 0.759. The molecule has 0 atom stereocenters. The molecule has 0 unspecified atom stereocenters. The summed E-state index contributed by atoms with van der Waals surface area (Å²) in [6.45, 7) is 2.07. The average Bonchev–Trinajstić information content (AvgIpc) is 2.65. The molecule has 0 aliphatic heterocycles. The second-order valence-corrected chi connectivity index (χ2v) is 5.10. The molecule has 18 heavy (non-hydrogen) atoms. The minimum Gasteiger partial charge on any atom is -0.468 e. The summed E-state index contributed by atoms with van der Waals surface area (Å²) in [5, 5.41) is 0. The van der Waals surface area contributed by atoms with Gasteiger partial charge in [0.05, 0.1) is 7.11 Å². The van der Waals surface area contributed by atoms with Crippen LogP contribution < -0.4 is 0 Å². The van der Waals surface area contributed by atoms with Crippen molar-refractivity contribution >= 4 is 11.5 Å². The van der Waals surface area contributed by atoms with Gasteiger partial charge >= 0.3 is 5.97 Å². The number of ether oxygens (including phenoxy) is 1. The summed E-state index contributed by atoms with van der Waals surface area (Å²) in [5.41, 5.74) is 3.00. The number of fused-ring (bicyclic) bond motifs is 1. The van der Waals surface area contributed by atoms with Crippen LogP contribution in [-0.2, 0) is 14.9 Å². The molecule has 3 nitrogen and oxygen atoms in total. The van der Waals surface area contributed by atoms with Crippen LogP contribution in [0.3, 0.4) is 0 Å². The van der Waals surface area contributed by atoms with E-state index in [1.165, 1.54) is 12.7 Å². The van der Waals surface area contributed by atoms with Crippen molar-refractivity contribution < 1.29 is 9.53 Å². The number of pyridine rings is 1. The van der Waals surface area contributed by atoms with E-state index in [2.05, 4.69) is 23.5 Å². The van der Waals surface area contributed by atoms with Crippen molar-refractivity contribution in [2.24, 2.45) is 0 Å². The van der Waals surface area contributed by atoms with Crippen molar-refractivity contribution in [3.63, 3.8) is 0 Å². The molecular formula is C15H17NO2. The first-order chi connectivity index (χ1) is 8.69. The number of nitrogens with zero attached hydrogens (tertiary/aromatic N) is 1. The van der Waals surface area contributed by atoms with E-state index in [0.717, 1.165) is 30.5 Å². The van der Waals surface area contributed by atoms with Crippen LogP contribution in [0.25, 0.3) is 5.52 Å². The Morgan fingerprint density at radius 2 is 2.17 bits per heavy atom. The summed E-state index contributed by atoms with van der Waals surface area (Å²) in [7, 11) is 1.48. The van der Waals surface area contributed by atoms with Gasteiger partial charge in [-0.2, -0.15) is 0 Å². The molecular weight excluding hydrogens is 226 g/mol. The highest BCUT2D eigenvalue weighted by molar-refractivity contribution is 5.85. The second-order valence-electron chi connectivity index (χ2n) is 5.10. The Labute approximate surface area is 106 Å². The fourth-order valence-corrected chi connectivity index (χ4v) is 3.13. The molecule has 0 aromatic carbocycles. The summed E-state index contributed by atoms with van der Waals surface area (Å²) in [4.78, 5) is 12.2. The first-order valence-electron chi connectivity index (χ1n) is 6.35. The lowest BCUT2D eigenvalue weighted by atomic mass is 9.65. The summed E-state index contributed by atoms with van der Waals surface area (Å²) in [5.74, 6) is -0.0966. The van der Waals surface area contributed by atoms with Crippen LogP contribution in [0.4, 0.5) is 0 Å². The fraction of sp³-hybridized carbons (Fsp3) is 0.400. The Balaban J connectivity index is 2.24. The zero-order valence-electron chi connectivity index (χ0n) is 10.8. The maximum Gasteiger partial charge on any atom is 0.317 e. The molecule has 0 bridgehead atoms. The highest BCUT2D eigenvalue weighted by atomic mass is 16.5. The van der Waals surface area contributed by atoms with Gasteiger partial charge in [-0.15, -0.1) is 0 Å². The number of carbonyl (C=O) groups excluding carboxylic acids is 1. The molecule has 0 amide bonds. The van der Waals surface area contributed by atoms with Crippen molar-refractivity contribution in [3.8, 4) is 0 Å². The Kier molecular flexibility index (Phi) is 2.44. The molecule has 94 valence electrons. The molecule has 0 saturated heterocycles. The molecule has 0 radical (unpaired) electrons. The molecule has 2 heterocycles. The van der Waals surface area contributed by atoms with Crippen LogP contribution in [0, 0.1) is 6.92 Å². The molecule has 1 aliphatic carbocycles. The molecule has 2 aromatic heterocycles. The number of carbonyl (C=O) groups is 1. The van der Waals surface area contributed by atoms with Crippen LogP contribution in [-0.4, -0.2) is 17.5 Å². The number of rotatable bonds is 2. The number of aryl methyl sites for hydroxylation is 1. The minimum atomic E-state index is -0.424. The lowest BCUT2D eigenvalue weighted by Crippen LogP contribution is -2.44. The van der Waals surface area contributed by atoms with E-state index in [4.69, 9.17) is 4.74 Å². The zero-order valence-corrected chi connectivity index (χ0v) is 10.8. The van der Waals surface area contributed by atoms with E-state index in [9.17, 15) is 4.79 Å². The van der Waals surface area contributed by atoms with E-state index < -0.39 is 5.41 Å². The Morgan fingerprint density at radius 1 is 1.39 bits per heavy atom. The molecule has 1 saturated carbocycles. The van der Waals surface area contributed by atoms with Crippen LogP contribution in [0.1, 0.15) is 30.5 Å². The molecule has 0 N–H and O–H groups in total. The largest absolute Gasteiger partial charge is 0.468 e. The van der Waals surface area contributed by atoms with Gasteiger partial charge in [0.25, 0.3) is 0 Å². The molecule has 1 fully saturated rings. The Hall–Kier alpha value is -1.77. The van der Waals surface area contributed by atoms with Gasteiger partial charge in [-0.1, -0.05) is 12.5 Å². The van der Waals surface area contributed by atoms with Crippen molar-refractivity contribution in [1.82, 2.24) is 4.40 Å². The maximum absolute atomic E-state index is 12.2. The van der Waals surface area contributed by atoms with E-state index in [0.29, 0.717) is 0 Å². The van der Waals surface area contributed by atoms with E-state index >= 15 is 0 Å². The SMILES string of the molecule is COC(=O)C1(c2c(C)cc3ccccn23)CCC1. The minimum absolute atomic E-state index is 0.0966. The van der Waals surface area contributed by atoms with E-state index in [-0.39, 0.29) is 5.97 Å². The van der Waals surface area contributed by atoms with Gasteiger partial charge in [-0.3, -0.25) is 4.79 Å². The van der Waals surface area contributed by atoms with Crippen molar-refractivity contribution in [2.75, 3.05) is 7.11 Å². The first-order valence-corrected chi connectivity index (χ1v) is 6.35. The maximum atomic E-state index is 12.2. The lowest BCUT2D eigenvalue weighted by molar-refractivity contribution is -0.151. The Morgan fingerprint density at radius 3 is 2.78 bits per heavy atom. The number of methoxy groups -OCH3 is 1. The first kappa shape index (κ1) is 11.3. The van der Waals surface area contributed by atoms with Crippen molar-refractivity contribution in [3.05, 3.63) is 41.7 Å². The van der Waals surface area contributed by atoms with Gasteiger partial charge in [0.1, 0.15) is 5.41 Å². The lowest BCUT2D eigenvalue weighted by Gasteiger charge is -2.39. The van der Waals surface area contributed by atoms with Crippen LogP contribution in [0.15, 0.2) is 30.5 Å². The average molecular weight is 243 g/mol. The monoisotopic (exact) mass is 243 g/mol. The fourth-order valence-electron chi connectivity index (χ4n) is 3.13. The smallest absolute Gasteiger partial charge is 0.317 e. The highest BCUT2D eigenvalue weighted by Crippen LogP contribution is 2.46. The number of hydrogen-bond acceptors (Lipinski definition) is 2. The predicted octanol–water partition coefficient (Wildman–Crippen LogP) is 2.84. The summed E-state index contributed by atoms with van der Waals surface area (Å²) >= 11 is 0. The van der Waals surface area contributed by atoms with Gasteiger partial charge in [0, 0.05) is 17.4 Å². The number of aromatic nitrogens is 1. The van der Waals surface area contributed by atoms with Crippen LogP contribution >= 0.6 is 0 Å². The number of esters is 1. The zero-order chi connectivity index (χ0) is 12.8. The number of hydrogen-bond donors (Lipinski definition) is 0. The Bertz CT molecular complexity index is 608. The third-order valence-electron chi connectivity index (χ3n) is 4.11. The molecule has 3 heteroatoms. The van der Waals surface area contributed by atoms with Gasteiger partial charge in [-0.05, 0) is 43.5 Å². The van der Waals surface area contributed by atoms with Crippen molar-refractivity contribution in [2.45, 2.75) is 31.6 Å². The molecule has 1 aliphatic rings. The third-order valence-corrected chi connectivity index (χ3v) is 4.11. The van der Waals surface area contributed by atoms with E-state index in [1.807, 2.05) is 18.3 Å². The molecule has 2 aromatic rings. The summed E-state index contributed by atoms with van der Waals surface area (Å²) in [6, 6.07) is 8.22. The normalized spacial score (nSPS) is 17.4. The second kappa shape index (κ2) is 3.87. The van der Waals surface area contributed by atoms with Gasteiger partial charge in [0.2, 0.25) is 0 Å². The topological polar surface area (TPSA) is 30.7 Å². The highest BCUT2D eigenvalue weighted by Gasteiger charge is 2.49. The van der Waals surface area contributed by atoms with Crippen LogP contribution in [0.2, 0.25) is 0 Å². The molecule has 3 rings (SSSR count). The molecule has 0 spiro atoms. The van der Waals surface area contributed by atoms with E-state index in [1.54, 1.807) is 0 Å².